The molecule has 5 aromatic carbocycles. The van der Waals surface area contributed by atoms with Gasteiger partial charge in [-0.2, -0.15) is 16.8 Å². The molecular weight excluding hydrogens is 547 g/mol. The van der Waals surface area contributed by atoms with E-state index in [4.69, 9.17) is 13.7 Å². The van der Waals surface area contributed by atoms with Crippen LogP contribution in [-0.4, -0.2) is 23.1 Å². The van der Waals surface area contributed by atoms with Crippen molar-refractivity contribution in [3.63, 3.8) is 0 Å². The van der Waals surface area contributed by atoms with Crippen molar-refractivity contribution in [1.82, 2.24) is 0 Å². The van der Waals surface area contributed by atoms with Gasteiger partial charge in [0.2, 0.25) is 0 Å². The van der Waals surface area contributed by atoms with Crippen molar-refractivity contribution in [1.29, 1.82) is 0 Å². The quantitative estimate of drug-likeness (QED) is 0.0912. The molecular formula is C28H21FO8S2. The number of benzene rings is 5. The van der Waals surface area contributed by atoms with E-state index in [0.29, 0.717) is 5.75 Å². The normalized spacial score (nSPS) is 12.7. The van der Waals surface area contributed by atoms with Gasteiger partial charge < -0.3 is 17.8 Å². The zero-order chi connectivity index (χ0) is 27.6. The molecule has 39 heavy (non-hydrogen) atoms. The molecule has 1 unspecified atom stereocenters. The third-order valence-electron chi connectivity index (χ3n) is 5.63. The molecule has 0 amide bonds. The van der Waals surface area contributed by atoms with Crippen LogP contribution in [0.15, 0.2) is 103 Å². The summed E-state index contributed by atoms with van der Waals surface area (Å²) in [4.78, 5) is 0. The molecule has 0 N–H and O–H groups in total. The lowest BCUT2D eigenvalue weighted by Gasteiger charge is -2.24. The van der Waals surface area contributed by atoms with Gasteiger partial charge in [0.1, 0.15) is 23.0 Å². The summed E-state index contributed by atoms with van der Waals surface area (Å²) < 4.78 is 79.2. The van der Waals surface area contributed by atoms with E-state index >= 15 is 0 Å². The molecule has 0 fully saturated rings. The average molecular weight is 569 g/mol. The second kappa shape index (κ2) is 10.4. The summed E-state index contributed by atoms with van der Waals surface area (Å²) >= 11 is 0. The van der Waals surface area contributed by atoms with Crippen molar-refractivity contribution in [2.75, 3.05) is 6.26 Å². The maximum absolute atomic E-state index is 12.9. The first-order valence-electron chi connectivity index (χ1n) is 11.5. The molecule has 0 spiro atoms. The van der Waals surface area contributed by atoms with Crippen LogP contribution in [0.2, 0.25) is 0 Å². The highest BCUT2D eigenvalue weighted by atomic mass is 32.3. The molecule has 0 heterocycles. The SMILES string of the molecule is CS(=O)(=O)Oc1ccc(OC(Oc2ccc(OS(=O)(=O)F)cc2)c2c3ccccc3cc3ccccc23)cc1. The van der Waals surface area contributed by atoms with Crippen molar-refractivity contribution < 1.29 is 38.6 Å². The first-order valence-corrected chi connectivity index (χ1v) is 14.6. The highest BCUT2D eigenvalue weighted by Gasteiger charge is 2.22. The van der Waals surface area contributed by atoms with Gasteiger partial charge >= 0.3 is 20.6 Å². The van der Waals surface area contributed by atoms with Crippen LogP contribution in [-0.2, 0) is 20.6 Å². The van der Waals surface area contributed by atoms with Crippen molar-refractivity contribution in [3.8, 4) is 23.0 Å². The number of rotatable bonds is 9. The third kappa shape index (κ3) is 6.57. The Kier molecular flexibility index (Phi) is 7.02. The number of hydrogen-bond acceptors (Lipinski definition) is 8. The van der Waals surface area contributed by atoms with E-state index in [1.807, 2.05) is 48.5 Å². The fraction of sp³-hybridized carbons (Fsp3) is 0.0714. The summed E-state index contributed by atoms with van der Waals surface area (Å²) in [7, 11) is -8.87. The molecule has 0 aliphatic rings. The molecule has 0 radical (unpaired) electrons. The Morgan fingerprint density at radius 2 is 1.00 bits per heavy atom. The fourth-order valence-corrected chi connectivity index (χ4v) is 4.93. The minimum atomic E-state index is -5.17. The van der Waals surface area contributed by atoms with Crippen LogP contribution < -0.4 is 17.8 Å². The first kappa shape index (κ1) is 26.3. The third-order valence-corrected chi connectivity index (χ3v) is 6.51. The van der Waals surface area contributed by atoms with Crippen molar-refractivity contribution in [3.05, 3.63) is 109 Å². The van der Waals surface area contributed by atoms with E-state index in [-0.39, 0.29) is 17.2 Å². The largest absolute Gasteiger partial charge is 0.488 e. The van der Waals surface area contributed by atoms with Gasteiger partial charge in [0.15, 0.2) is 0 Å². The maximum atomic E-state index is 12.9. The van der Waals surface area contributed by atoms with E-state index < -0.39 is 26.9 Å². The lowest BCUT2D eigenvalue weighted by Crippen LogP contribution is -2.16. The molecule has 0 bridgehead atoms. The second-order valence-corrected chi connectivity index (χ2v) is 11.0. The summed E-state index contributed by atoms with van der Waals surface area (Å²) in [5.74, 6) is 0.551. The Morgan fingerprint density at radius 3 is 1.44 bits per heavy atom. The monoisotopic (exact) mass is 568 g/mol. The molecule has 200 valence electrons. The van der Waals surface area contributed by atoms with Crippen molar-refractivity contribution in [2.24, 2.45) is 0 Å². The summed E-state index contributed by atoms with van der Waals surface area (Å²) in [6.45, 7) is 0. The molecule has 0 aliphatic carbocycles. The molecule has 1 atom stereocenters. The molecule has 8 nitrogen and oxygen atoms in total. The van der Waals surface area contributed by atoms with Gasteiger partial charge in [-0.25, -0.2) is 0 Å². The van der Waals surface area contributed by atoms with Crippen molar-refractivity contribution >= 4 is 42.2 Å². The van der Waals surface area contributed by atoms with Crippen LogP contribution >= 0.6 is 0 Å². The van der Waals surface area contributed by atoms with E-state index in [2.05, 4.69) is 10.2 Å². The smallest absolute Gasteiger partial charge is 0.451 e. The van der Waals surface area contributed by atoms with Gasteiger partial charge in [-0.15, -0.1) is 0 Å². The Hall–Kier alpha value is -4.35. The van der Waals surface area contributed by atoms with Gasteiger partial charge in [0, 0.05) is 5.56 Å². The number of halogens is 1. The number of fused-ring (bicyclic) bond motifs is 2. The van der Waals surface area contributed by atoms with E-state index in [1.165, 1.54) is 36.4 Å². The highest BCUT2D eigenvalue weighted by molar-refractivity contribution is 7.86. The number of hydrogen-bond donors (Lipinski definition) is 0. The molecule has 5 rings (SSSR count). The Balaban J connectivity index is 1.58. The van der Waals surface area contributed by atoms with Crippen LogP contribution in [0.4, 0.5) is 3.89 Å². The maximum Gasteiger partial charge on any atom is 0.488 e. The van der Waals surface area contributed by atoms with Gasteiger partial charge in [-0.3, -0.25) is 0 Å². The predicted octanol–water partition coefficient (Wildman–Crippen LogP) is 6.08. The van der Waals surface area contributed by atoms with E-state index in [9.17, 15) is 20.7 Å². The topological polar surface area (TPSA) is 105 Å². The Morgan fingerprint density at radius 1 is 0.590 bits per heavy atom. The summed E-state index contributed by atoms with van der Waals surface area (Å²) in [5, 5.41) is 3.66. The van der Waals surface area contributed by atoms with Gasteiger partial charge in [-0.05, 0) is 76.1 Å². The lowest BCUT2D eigenvalue weighted by molar-refractivity contribution is 0.00612. The van der Waals surface area contributed by atoms with Crippen LogP contribution in [0.25, 0.3) is 21.5 Å². The average Bonchev–Trinajstić information content (AvgIpc) is 2.87. The minimum Gasteiger partial charge on any atom is -0.451 e. The lowest BCUT2D eigenvalue weighted by atomic mass is 9.96. The van der Waals surface area contributed by atoms with Crippen LogP contribution in [0, 0.1) is 0 Å². The standard InChI is InChI=1S/C28H21FO8S2/c1-38(30,31)36-23-14-10-21(11-15-23)34-28(35-22-12-16-24(17-13-22)37-39(29,32)33)27-25-8-4-2-6-19(25)18-20-7-3-5-9-26(20)27/h2-18,28H,1H3. The second-order valence-electron chi connectivity index (χ2n) is 8.51. The van der Waals surface area contributed by atoms with E-state index in [0.717, 1.165) is 33.4 Å². The van der Waals surface area contributed by atoms with E-state index in [1.54, 1.807) is 12.1 Å². The van der Waals surface area contributed by atoms with Crippen molar-refractivity contribution in [2.45, 2.75) is 6.29 Å². The van der Waals surface area contributed by atoms with Crippen LogP contribution in [0.1, 0.15) is 11.9 Å². The first-order chi connectivity index (χ1) is 18.5. The zero-order valence-corrected chi connectivity index (χ0v) is 22.0. The molecule has 11 heteroatoms. The van der Waals surface area contributed by atoms with Crippen LogP contribution in [0.5, 0.6) is 23.0 Å². The summed E-state index contributed by atoms with van der Waals surface area (Å²) in [5.41, 5.74) is 0.729. The summed E-state index contributed by atoms with van der Waals surface area (Å²) in [6, 6.07) is 28.9. The molecule has 5 aromatic rings. The summed E-state index contributed by atoms with van der Waals surface area (Å²) in [6.07, 6.45) is -0.0639. The van der Waals surface area contributed by atoms with Crippen LogP contribution in [0.3, 0.4) is 0 Å². The molecule has 0 saturated heterocycles. The zero-order valence-electron chi connectivity index (χ0n) is 20.4. The van der Waals surface area contributed by atoms with Gasteiger partial charge in [0.25, 0.3) is 6.29 Å². The Labute approximate surface area is 224 Å². The minimum absolute atomic E-state index is 0.122. The number of ether oxygens (including phenoxy) is 2. The predicted molar refractivity (Wildman–Crippen MR) is 144 cm³/mol. The Bertz CT molecular complexity index is 1720. The van der Waals surface area contributed by atoms with Gasteiger partial charge in [0.05, 0.1) is 6.26 Å². The molecule has 0 aromatic heterocycles. The fourth-order valence-electron chi connectivity index (χ4n) is 4.13. The molecule has 0 saturated carbocycles. The molecule has 0 aliphatic heterocycles. The van der Waals surface area contributed by atoms with Gasteiger partial charge in [-0.1, -0.05) is 52.4 Å². The highest BCUT2D eigenvalue weighted by Crippen LogP contribution is 2.37.